The molecule has 0 bridgehead atoms. The van der Waals surface area contributed by atoms with Gasteiger partial charge in [-0.2, -0.15) is 0 Å². The highest BCUT2D eigenvalue weighted by atomic mass is 79.9. The van der Waals surface area contributed by atoms with E-state index < -0.39 is 0 Å². The SMILES string of the molecule is Cc1cc(-c2cnc(CCNC(C)(C)C)o2)ccc1Br. The van der Waals surface area contributed by atoms with Crippen molar-refractivity contribution < 1.29 is 4.42 Å². The van der Waals surface area contributed by atoms with Crippen molar-refractivity contribution in [2.24, 2.45) is 0 Å². The third-order valence-electron chi connectivity index (χ3n) is 2.99. The first-order valence-electron chi connectivity index (χ1n) is 6.81. The van der Waals surface area contributed by atoms with Crippen molar-refractivity contribution in [1.29, 1.82) is 0 Å². The molecule has 0 amide bonds. The van der Waals surface area contributed by atoms with Crippen LogP contribution in [-0.2, 0) is 6.42 Å². The number of hydrogen-bond acceptors (Lipinski definition) is 3. The lowest BCUT2D eigenvalue weighted by Crippen LogP contribution is -2.37. The molecule has 0 aliphatic carbocycles. The smallest absolute Gasteiger partial charge is 0.196 e. The van der Waals surface area contributed by atoms with E-state index in [1.165, 1.54) is 5.56 Å². The minimum Gasteiger partial charge on any atom is -0.441 e. The lowest BCUT2D eigenvalue weighted by molar-refractivity contribution is 0.412. The molecular weight excluding hydrogens is 316 g/mol. The first-order chi connectivity index (χ1) is 9.35. The van der Waals surface area contributed by atoms with Crippen LogP contribution in [0.15, 0.2) is 33.3 Å². The summed E-state index contributed by atoms with van der Waals surface area (Å²) in [6, 6.07) is 6.17. The van der Waals surface area contributed by atoms with Gasteiger partial charge < -0.3 is 9.73 Å². The number of hydrogen-bond donors (Lipinski definition) is 1. The molecule has 0 unspecified atom stereocenters. The summed E-state index contributed by atoms with van der Waals surface area (Å²) in [5.74, 6) is 1.60. The second-order valence-corrected chi connectivity index (χ2v) is 6.86. The highest BCUT2D eigenvalue weighted by Crippen LogP contribution is 2.25. The summed E-state index contributed by atoms with van der Waals surface area (Å²) in [7, 11) is 0. The minimum atomic E-state index is 0.123. The first-order valence-corrected chi connectivity index (χ1v) is 7.61. The standard InChI is InChI=1S/C16H21BrN2O/c1-11-9-12(5-6-13(11)17)14-10-18-15(20-14)7-8-19-16(2,3)4/h5-6,9-10,19H,7-8H2,1-4H3. The lowest BCUT2D eigenvalue weighted by Gasteiger charge is -2.19. The number of benzene rings is 1. The molecule has 0 spiro atoms. The molecule has 0 saturated carbocycles. The second kappa shape index (κ2) is 6.10. The molecule has 0 saturated heterocycles. The van der Waals surface area contributed by atoms with Gasteiger partial charge in [0.1, 0.15) is 0 Å². The Morgan fingerprint density at radius 3 is 2.70 bits per heavy atom. The summed E-state index contributed by atoms with van der Waals surface area (Å²) < 4.78 is 6.92. The summed E-state index contributed by atoms with van der Waals surface area (Å²) in [4.78, 5) is 4.35. The predicted octanol–water partition coefficient (Wildman–Crippen LogP) is 4.34. The maximum Gasteiger partial charge on any atom is 0.196 e. The molecule has 0 aliphatic rings. The summed E-state index contributed by atoms with van der Waals surface area (Å²) in [5, 5.41) is 3.43. The molecule has 0 atom stereocenters. The molecule has 0 radical (unpaired) electrons. The van der Waals surface area contributed by atoms with Crippen LogP contribution >= 0.6 is 15.9 Å². The fraction of sp³-hybridized carbons (Fsp3) is 0.438. The van der Waals surface area contributed by atoms with Gasteiger partial charge >= 0.3 is 0 Å². The molecule has 1 heterocycles. The molecule has 2 aromatic rings. The molecule has 20 heavy (non-hydrogen) atoms. The average Bonchev–Trinajstić information content (AvgIpc) is 2.80. The van der Waals surface area contributed by atoms with Gasteiger partial charge in [0.25, 0.3) is 0 Å². The Bertz CT molecular complexity index is 584. The summed E-state index contributed by atoms with van der Waals surface area (Å²) in [5.41, 5.74) is 2.38. The fourth-order valence-corrected chi connectivity index (χ4v) is 2.15. The molecule has 3 nitrogen and oxygen atoms in total. The zero-order valence-corrected chi connectivity index (χ0v) is 14.0. The maximum absolute atomic E-state index is 5.81. The molecule has 108 valence electrons. The van der Waals surface area contributed by atoms with E-state index in [-0.39, 0.29) is 5.54 Å². The van der Waals surface area contributed by atoms with E-state index in [9.17, 15) is 0 Å². The molecule has 4 heteroatoms. The van der Waals surface area contributed by atoms with Gasteiger partial charge in [0.2, 0.25) is 0 Å². The summed E-state index contributed by atoms with van der Waals surface area (Å²) in [6.07, 6.45) is 2.60. The van der Waals surface area contributed by atoms with Crippen molar-refractivity contribution in [1.82, 2.24) is 10.3 Å². The molecule has 0 aliphatic heterocycles. The van der Waals surface area contributed by atoms with Gasteiger partial charge in [-0.1, -0.05) is 22.0 Å². The Morgan fingerprint density at radius 2 is 2.05 bits per heavy atom. The van der Waals surface area contributed by atoms with Crippen LogP contribution in [-0.4, -0.2) is 17.1 Å². The predicted molar refractivity (Wildman–Crippen MR) is 85.8 cm³/mol. The second-order valence-electron chi connectivity index (χ2n) is 6.01. The van der Waals surface area contributed by atoms with E-state index in [2.05, 4.69) is 60.0 Å². The molecular formula is C16H21BrN2O. The van der Waals surface area contributed by atoms with Crippen molar-refractivity contribution in [3.05, 3.63) is 40.3 Å². The van der Waals surface area contributed by atoms with E-state index in [0.717, 1.165) is 34.7 Å². The minimum absolute atomic E-state index is 0.123. The first kappa shape index (κ1) is 15.3. The highest BCUT2D eigenvalue weighted by molar-refractivity contribution is 9.10. The summed E-state index contributed by atoms with van der Waals surface area (Å²) in [6.45, 7) is 9.39. The number of aromatic nitrogens is 1. The van der Waals surface area contributed by atoms with Crippen LogP contribution in [0.3, 0.4) is 0 Å². The van der Waals surface area contributed by atoms with Gasteiger partial charge in [0, 0.05) is 28.5 Å². The fourth-order valence-electron chi connectivity index (χ4n) is 1.90. The van der Waals surface area contributed by atoms with Crippen LogP contribution in [0.25, 0.3) is 11.3 Å². The van der Waals surface area contributed by atoms with Crippen LogP contribution in [0.1, 0.15) is 32.2 Å². The quantitative estimate of drug-likeness (QED) is 0.902. The largest absolute Gasteiger partial charge is 0.441 e. The van der Waals surface area contributed by atoms with Gasteiger partial charge in [-0.3, -0.25) is 0 Å². The third kappa shape index (κ3) is 4.18. The average molecular weight is 337 g/mol. The third-order valence-corrected chi connectivity index (χ3v) is 3.88. The number of oxazole rings is 1. The van der Waals surface area contributed by atoms with Crippen LogP contribution in [0.5, 0.6) is 0 Å². The maximum atomic E-state index is 5.81. The monoisotopic (exact) mass is 336 g/mol. The molecule has 1 aromatic carbocycles. The Morgan fingerprint density at radius 1 is 1.30 bits per heavy atom. The number of nitrogens with one attached hydrogen (secondary N) is 1. The van der Waals surface area contributed by atoms with E-state index >= 15 is 0 Å². The normalized spacial score (nSPS) is 11.8. The Labute approximate surface area is 128 Å². The topological polar surface area (TPSA) is 38.1 Å². The van der Waals surface area contributed by atoms with E-state index in [1.54, 1.807) is 6.20 Å². The van der Waals surface area contributed by atoms with Crippen molar-refractivity contribution in [2.75, 3.05) is 6.54 Å². The van der Waals surface area contributed by atoms with Crippen LogP contribution in [0.4, 0.5) is 0 Å². The lowest BCUT2D eigenvalue weighted by atomic mass is 10.1. The number of halogens is 1. The van der Waals surface area contributed by atoms with E-state index in [0.29, 0.717) is 0 Å². The molecule has 1 N–H and O–H groups in total. The Balaban J connectivity index is 2.03. The number of rotatable bonds is 4. The van der Waals surface area contributed by atoms with Crippen LogP contribution < -0.4 is 5.32 Å². The zero-order chi connectivity index (χ0) is 14.8. The van der Waals surface area contributed by atoms with E-state index in [4.69, 9.17) is 4.42 Å². The number of nitrogens with zero attached hydrogens (tertiary/aromatic N) is 1. The summed E-state index contributed by atoms with van der Waals surface area (Å²) >= 11 is 3.51. The molecule has 0 fully saturated rings. The van der Waals surface area contributed by atoms with Gasteiger partial charge in [0.05, 0.1) is 6.20 Å². The molecule has 1 aromatic heterocycles. The van der Waals surface area contributed by atoms with Crippen molar-refractivity contribution >= 4 is 15.9 Å². The van der Waals surface area contributed by atoms with E-state index in [1.807, 2.05) is 12.1 Å². The van der Waals surface area contributed by atoms with Gasteiger partial charge in [-0.05, 0) is 45.4 Å². The molecule has 2 rings (SSSR count). The Hall–Kier alpha value is -1.13. The number of aryl methyl sites for hydroxylation is 1. The van der Waals surface area contributed by atoms with Crippen molar-refractivity contribution in [3.8, 4) is 11.3 Å². The van der Waals surface area contributed by atoms with Crippen LogP contribution in [0, 0.1) is 6.92 Å². The van der Waals surface area contributed by atoms with Gasteiger partial charge in [0.15, 0.2) is 11.7 Å². The van der Waals surface area contributed by atoms with Crippen molar-refractivity contribution in [3.63, 3.8) is 0 Å². The van der Waals surface area contributed by atoms with Crippen LogP contribution in [0.2, 0.25) is 0 Å². The van der Waals surface area contributed by atoms with Gasteiger partial charge in [-0.25, -0.2) is 4.98 Å². The van der Waals surface area contributed by atoms with Gasteiger partial charge in [-0.15, -0.1) is 0 Å². The zero-order valence-electron chi connectivity index (χ0n) is 12.5. The Kier molecular flexibility index (Phi) is 4.66. The van der Waals surface area contributed by atoms with Crippen molar-refractivity contribution in [2.45, 2.75) is 39.7 Å². The highest BCUT2D eigenvalue weighted by Gasteiger charge is 2.10.